The molecule has 1 atom stereocenters. The molecule has 2 rings (SSSR count). The average molecular weight is 349 g/mol. The first-order valence-electron chi connectivity index (χ1n) is 6.26. The van der Waals surface area contributed by atoms with Gasteiger partial charge in [-0.2, -0.15) is 0 Å². The van der Waals surface area contributed by atoms with E-state index in [-0.39, 0.29) is 6.42 Å². The van der Waals surface area contributed by atoms with E-state index in [0.29, 0.717) is 10.2 Å². The van der Waals surface area contributed by atoms with Gasteiger partial charge in [-0.25, -0.2) is 9.78 Å². The molecule has 1 heterocycles. The van der Waals surface area contributed by atoms with Gasteiger partial charge in [0.05, 0.1) is 5.56 Å². The number of nitrogens with one attached hydrogen (secondary N) is 1. The van der Waals surface area contributed by atoms with E-state index in [4.69, 9.17) is 0 Å². The average Bonchev–Trinajstić information content (AvgIpc) is 2.48. The number of carbonyl (C=O) groups excluding carboxylic acids is 1. The fourth-order valence-electron chi connectivity index (χ4n) is 1.84. The van der Waals surface area contributed by atoms with E-state index >= 15 is 0 Å². The highest BCUT2D eigenvalue weighted by Crippen LogP contribution is 2.13. The Labute approximate surface area is 130 Å². The smallest absolute Gasteiger partial charge is 0.326 e. The molecule has 2 N–H and O–H groups in total. The molecule has 0 aliphatic heterocycles. The van der Waals surface area contributed by atoms with Crippen LogP contribution >= 0.6 is 15.9 Å². The van der Waals surface area contributed by atoms with Crippen molar-refractivity contribution >= 4 is 27.8 Å². The van der Waals surface area contributed by atoms with Gasteiger partial charge in [0.25, 0.3) is 5.91 Å². The Morgan fingerprint density at radius 3 is 2.52 bits per heavy atom. The molecule has 1 aromatic heterocycles. The summed E-state index contributed by atoms with van der Waals surface area (Å²) in [6, 6.07) is 11.4. The SMILES string of the molecule is O=C(NC(Cc1ccccc1)C(=O)O)c1cccnc1Br. The van der Waals surface area contributed by atoms with E-state index in [2.05, 4.69) is 26.2 Å². The number of hydrogen-bond acceptors (Lipinski definition) is 3. The maximum atomic E-state index is 12.1. The second-order valence-corrected chi connectivity index (χ2v) is 5.15. The summed E-state index contributed by atoms with van der Waals surface area (Å²) in [5.41, 5.74) is 1.15. The van der Waals surface area contributed by atoms with Gasteiger partial charge >= 0.3 is 5.97 Å². The lowest BCUT2D eigenvalue weighted by atomic mass is 10.1. The molecule has 21 heavy (non-hydrogen) atoms. The number of amides is 1. The van der Waals surface area contributed by atoms with Crippen LogP contribution in [0, 0.1) is 0 Å². The van der Waals surface area contributed by atoms with E-state index in [0.717, 1.165) is 5.56 Å². The van der Waals surface area contributed by atoms with E-state index in [1.54, 1.807) is 18.3 Å². The molecule has 0 saturated heterocycles. The number of rotatable bonds is 5. The van der Waals surface area contributed by atoms with Crippen molar-refractivity contribution in [2.24, 2.45) is 0 Å². The van der Waals surface area contributed by atoms with Crippen molar-refractivity contribution in [2.75, 3.05) is 0 Å². The van der Waals surface area contributed by atoms with E-state index in [1.165, 1.54) is 0 Å². The van der Waals surface area contributed by atoms with Crippen LogP contribution in [-0.4, -0.2) is 28.0 Å². The van der Waals surface area contributed by atoms with Crippen LogP contribution in [0.15, 0.2) is 53.3 Å². The topological polar surface area (TPSA) is 79.3 Å². The molecule has 0 bridgehead atoms. The molecule has 0 aliphatic rings. The first kappa shape index (κ1) is 15.2. The normalized spacial score (nSPS) is 11.7. The molecule has 2 aromatic rings. The molecule has 1 unspecified atom stereocenters. The van der Waals surface area contributed by atoms with Crippen LogP contribution in [0.4, 0.5) is 0 Å². The van der Waals surface area contributed by atoms with Crippen LogP contribution in [0.1, 0.15) is 15.9 Å². The first-order chi connectivity index (χ1) is 10.1. The third-order valence-electron chi connectivity index (χ3n) is 2.89. The lowest BCUT2D eigenvalue weighted by Gasteiger charge is -2.15. The monoisotopic (exact) mass is 348 g/mol. The van der Waals surface area contributed by atoms with Gasteiger partial charge in [0.1, 0.15) is 10.6 Å². The molecule has 1 amide bonds. The molecule has 108 valence electrons. The Hall–Kier alpha value is -2.21. The summed E-state index contributed by atoms with van der Waals surface area (Å²) in [6.45, 7) is 0. The molecule has 0 aliphatic carbocycles. The van der Waals surface area contributed by atoms with Crippen LogP contribution < -0.4 is 5.32 Å². The zero-order valence-corrected chi connectivity index (χ0v) is 12.6. The molecule has 1 aromatic carbocycles. The van der Waals surface area contributed by atoms with Crippen molar-refractivity contribution in [1.82, 2.24) is 10.3 Å². The predicted octanol–water partition coefficient (Wildman–Crippen LogP) is 2.27. The number of carboxylic acids is 1. The van der Waals surface area contributed by atoms with Gasteiger partial charge < -0.3 is 10.4 Å². The highest BCUT2D eigenvalue weighted by molar-refractivity contribution is 9.10. The lowest BCUT2D eigenvalue weighted by Crippen LogP contribution is -2.42. The summed E-state index contributed by atoms with van der Waals surface area (Å²) >= 11 is 3.17. The Bertz CT molecular complexity index is 646. The predicted molar refractivity (Wildman–Crippen MR) is 81.0 cm³/mol. The van der Waals surface area contributed by atoms with Crippen molar-refractivity contribution < 1.29 is 14.7 Å². The Kier molecular flexibility index (Phi) is 5.05. The van der Waals surface area contributed by atoms with Crippen LogP contribution in [0.25, 0.3) is 0 Å². The fourth-order valence-corrected chi connectivity index (χ4v) is 2.27. The van der Waals surface area contributed by atoms with Crippen LogP contribution in [0.3, 0.4) is 0 Å². The molecule has 0 fully saturated rings. The number of carbonyl (C=O) groups is 2. The van der Waals surface area contributed by atoms with E-state index in [9.17, 15) is 14.7 Å². The van der Waals surface area contributed by atoms with Gasteiger partial charge in [0.2, 0.25) is 0 Å². The summed E-state index contributed by atoms with van der Waals surface area (Å²) in [5.74, 6) is -1.55. The summed E-state index contributed by atoms with van der Waals surface area (Å²) in [7, 11) is 0. The highest BCUT2D eigenvalue weighted by atomic mass is 79.9. The second-order valence-electron chi connectivity index (χ2n) is 4.40. The minimum absolute atomic E-state index is 0.222. The number of carboxylic acid groups (broad SMARTS) is 1. The third kappa shape index (κ3) is 4.13. The molecular weight excluding hydrogens is 336 g/mol. The molecule has 0 radical (unpaired) electrons. The third-order valence-corrected chi connectivity index (χ3v) is 3.52. The number of benzene rings is 1. The number of aliphatic carboxylic acids is 1. The number of aromatic nitrogens is 1. The highest BCUT2D eigenvalue weighted by Gasteiger charge is 2.22. The van der Waals surface area contributed by atoms with Crippen molar-refractivity contribution in [1.29, 1.82) is 0 Å². The van der Waals surface area contributed by atoms with E-state index in [1.807, 2.05) is 30.3 Å². The van der Waals surface area contributed by atoms with Gasteiger partial charge in [-0.15, -0.1) is 0 Å². The number of pyridine rings is 1. The summed E-state index contributed by atoms with van der Waals surface area (Å²) in [6.07, 6.45) is 1.76. The Morgan fingerprint density at radius 2 is 1.90 bits per heavy atom. The maximum Gasteiger partial charge on any atom is 0.326 e. The second kappa shape index (κ2) is 6.99. The number of hydrogen-bond donors (Lipinski definition) is 2. The molecule has 5 nitrogen and oxygen atoms in total. The lowest BCUT2D eigenvalue weighted by molar-refractivity contribution is -0.139. The zero-order valence-electron chi connectivity index (χ0n) is 11.0. The van der Waals surface area contributed by atoms with Gasteiger partial charge in [0, 0.05) is 12.6 Å². The Morgan fingerprint density at radius 1 is 1.19 bits per heavy atom. The minimum atomic E-state index is -1.08. The van der Waals surface area contributed by atoms with Gasteiger partial charge in [-0.3, -0.25) is 4.79 Å². The molecule has 6 heteroatoms. The van der Waals surface area contributed by atoms with Crippen molar-refractivity contribution in [3.8, 4) is 0 Å². The number of nitrogens with zero attached hydrogens (tertiary/aromatic N) is 1. The maximum absolute atomic E-state index is 12.1. The standard InChI is InChI=1S/C15H13BrN2O3/c16-13-11(7-4-8-17-13)14(19)18-12(15(20)21)9-10-5-2-1-3-6-10/h1-8,12H,9H2,(H,18,19)(H,20,21). The summed E-state index contributed by atoms with van der Waals surface area (Å²) in [4.78, 5) is 27.4. The largest absolute Gasteiger partial charge is 0.480 e. The molecular formula is C15H13BrN2O3. The van der Waals surface area contributed by atoms with Crippen molar-refractivity contribution in [3.05, 3.63) is 64.4 Å². The zero-order chi connectivity index (χ0) is 15.2. The summed E-state index contributed by atoms with van der Waals surface area (Å²) in [5, 5.41) is 11.8. The van der Waals surface area contributed by atoms with Gasteiger partial charge in [0.15, 0.2) is 0 Å². The van der Waals surface area contributed by atoms with Gasteiger partial charge in [-0.05, 0) is 33.6 Å². The van der Waals surface area contributed by atoms with Crippen LogP contribution in [0.2, 0.25) is 0 Å². The first-order valence-corrected chi connectivity index (χ1v) is 7.05. The molecule has 0 saturated carbocycles. The van der Waals surface area contributed by atoms with Crippen molar-refractivity contribution in [3.63, 3.8) is 0 Å². The van der Waals surface area contributed by atoms with Gasteiger partial charge in [-0.1, -0.05) is 30.3 Å². The quantitative estimate of drug-likeness (QED) is 0.812. The molecule has 0 spiro atoms. The fraction of sp³-hybridized carbons (Fsp3) is 0.133. The Balaban J connectivity index is 2.12. The van der Waals surface area contributed by atoms with E-state index < -0.39 is 17.9 Å². The minimum Gasteiger partial charge on any atom is -0.480 e. The van der Waals surface area contributed by atoms with Crippen molar-refractivity contribution in [2.45, 2.75) is 12.5 Å². The summed E-state index contributed by atoms with van der Waals surface area (Å²) < 4.78 is 0.381. The van der Waals surface area contributed by atoms with Crippen LogP contribution in [-0.2, 0) is 11.2 Å². The number of halogens is 1. The van der Waals surface area contributed by atoms with Crippen LogP contribution in [0.5, 0.6) is 0 Å².